The Kier molecular flexibility index (Phi) is 3.61. The molecule has 3 N–H and O–H groups in total. The molecule has 1 aromatic carbocycles. The van der Waals surface area contributed by atoms with E-state index in [0.717, 1.165) is 11.0 Å². The van der Waals surface area contributed by atoms with Gasteiger partial charge in [0.1, 0.15) is 11.9 Å². The first-order chi connectivity index (χ1) is 8.90. The summed E-state index contributed by atoms with van der Waals surface area (Å²) in [4.78, 5) is 24.3. The summed E-state index contributed by atoms with van der Waals surface area (Å²) in [7, 11) is 1.43. The summed E-state index contributed by atoms with van der Waals surface area (Å²) >= 11 is 5.67. The molecule has 1 aromatic rings. The van der Waals surface area contributed by atoms with E-state index in [1.54, 1.807) is 0 Å². The van der Waals surface area contributed by atoms with Gasteiger partial charge in [0.2, 0.25) is 5.91 Å². The highest BCUT2D eigenvalue weighted by atomic mass is 35.5. The van der Waals surface area contributed by atoms with Crippen molar-refractivity contribution in [1.29, 1.82) is 0 Å². The van der Waals surface area contributed by atoms with Crippen molar-refractivity contribution in [2.75, 3.05) is 18.1 Å². The molecule has 1 atom stereocenters. The standard InChI is InChI=1S/C12H13ClFN3O2/c1-17-11(18)3-2-9(12(17)19)16-10-4-6(13)7(14)5-8(10)15/h4-5,9,16H,2-3,15H2,1H3. The highest BCUT2D eigenvalue weighted by molar-refractivity contribution is 6.31. The maximum Gasteiger partial charge on any atom is 0.251 e. The Morgan fingerprint density at radius 2 is 2.16 bits per heavy atom. The zero-order valence-corrected chi connectivity index (χ0v) is 11.0. The molecule has 0 aromatic heterocycles. The predicted molar refractivity (Wildman–Crippen MR) is 70.2 cm³/mol. The highest BCUT2D eigenvalue weighted by Crippen LogP contribution is 2.28. The molecule has 0 aliphatic carbocycles. The Bertz CT molecular complexity index is 550. The van der Waals surface area contributed by atoms with Crippen LogP contribution in [0.3, 0.4) is 0 Å². The Morgan fingerprint density at radius 3 is 2.84 bits per heavy atom. The number of rotatable bonds is 2. The fraction of sp³-hybridized carbons (Fsp3) is 0.333. The number of nitrogen functional groups attached to an aromatic ring is 1. The van der Waals surface area contributed by atoms with Gasteiger partial charge in [0.15, 0.2) is 0 Å². The van der Waals surface area contributed by atoms with Gasteiger partial charge in [-0.2, -0.15) is 0 Å². The van der Waals surface area contributed by atoms with Crippen LogP contribution in [0.5, 0.6) is 0 Å². The third kappa shape index (κ3) is 2.63. The van der Waals surface area contributed by atoms with Crippen LogP contribution in [0.25, 0.3) is 0 Å². The Hall–Kier alpha value is -1.82. The van der Waals surface area contributed by atoms with Crippen LogP contribution < -0.4 is 11.1 Å². The number of piperidine rings is 1. The van der Waals surface area contributed by atoms with E-state index in [0.29, 0.717) is 12.1 Å². The van der Waals surface area contributed by atoms with Gasteiger partial charge in [-0.15, -0.1) is 0 Å². The zero-order valence-electron chi connectivity index (χ0n) is 10.2. The van der Waals surface area contributed by atoms with E-state index in [2.05, 4.69) is 5.32 Å². The molecular weight excluding hydrogens is 273 g/mol. The summed E-state index contributed by atoms with van der Waals surface area (Å²) in [6, 6.07) is 1.86. The lowest BCUT2D eigenvalue weighted by Crippen LogP contribution is -2.48. The van der Waals surface area contributed by atoms with Crippen LogP contribution in [0.1, 0.15) is 12.8 Å². The van der Waals surface area contributed by atoms with Crippen molar-refractivity contribution in [2.45, 2.75) is 18.9 Å². The van der Waals surface area contributed by atoms with Gasteiger partial charge in [0, 0.05) is 19.5 Å². The molecule has 0 spiro atoms. The van der Waals surface area contributed by atoms with Gasteiger partial charge in [-0.25, -0.2) is 4.39 Å². The zero-order chi connectivity index (χ0) is 14.2. The minimum absolute atomic E-state index is 0.0793. The molecule has 19 heavy (non-hydrogen) atoms. The lowest BCUT2D eigenvalue weighted by atomic mass is 10.0. The molecule has 5 nitrogen and oxygen atoms in total. The molecule has 0 saturated carbocycles. The molecule has 1 saturated heterocycles. The van der Waals surface area contributed by atoms with Crippen molar-refractivity contribution in [2.24, 2.45) is 0 Å². The Balaban J connectivity index is 2.20. The van der Waals surface area contributed by atoms with E-state index >= 15 is 0 Å². The van der Waals surface area contributed by atoms with Crippen LogP contribution in [-0.2, 0) is 9.59 Å². The number of nitrogens with zero attached hydrogens (tertiary/aromatic N) is 1. The lowest BCUT2D eigenvalue weighted by Gasteiger charge is -2.29. The third-order valence-corrected chi connectivity index (χ3v) is 3.36. The topological polar surface area (TPSA) is 75.4 Å². The van der Waals surface area contributed by atoms with Gasteiger partial charge in [0.05, 0.1) is 16.4 Å². The second-order valence-electron chi connectivity index (χ2n) is 4.38. The van der Waals surface area contributed by atoms with Crippen molar-refractivity contribution in [3.8, 4) is 0 Å². The predicted octanol–water partition coefficient (Wildman–Crippen LogP) is 1.62. The average molecular weight is 286 g/mol. The number of likely N-dealkylation sites (tertiary alicyclic amines) is 1. The van der Waals surface area contributed by atoms with Gasteiger partial charge >= 0.3 is 0 Å². The van der Waals surface area contributed by atoms with Crippen LogP contribution in [0.4, 0.5) is 15.8 Å². The monoisotopic (exact) mass is 285 g/mol. The highest BCUT2D eigenvalue weighted by Gasteiger charge is 2.31. The van der Waals surface area contributed by atoms with Gasteiger partial charge < -0.3 is 11.1 Å². The molecule has 7 heteroatoms. The number of carbonyl (C=O) groups excluding carboxylic acids is 2. The fourth-order valence-corrected chi connectivity index (χ4v) is 2.09. The summed E-state index contributed by atoms with van der Waals surface area (Å²) in [6.07, 6.45) is 0.644. The molecule has 1 unspecified atom stereocenters. The van der Waals surface area contributed by atoms with Gasteiger partial charge in [-0.05, 0) is 12.5 Å². The van der Waals surface area contributed by atoms with Crippen molar-refractivity contribution in [1.82, 2.24) is 4.90 Å². The number of likely N-dealkylation sites (N-methyl/N-ethyl adjacent to an activating group) is 1. The van der Waals surface area contributed by atoms with Crippen LogP contribution in [0, 0.1) is 5.82 Å². The third-order valence-electron chi connectivity index (χ3n) is 3.07. The molecule has 2 rings (SSSR count). The number of halogens is 2. The number of carbonyl (C=O) groups is 2. The number of imide groups is 1. The van der Waals surface area contributed by atoms with Gasteiger partial charge in [-0.1, -0.05) is 11.6 Å². The molecular formula is C12H13ClFN3O2. The SMILES string of the molecule is CN1C(=O)CCC(Nc2cc(Cl)c(F)cc2N)C1=O. The molecule has 102 valence electrons. The van der Waals surface area contributed by atoms with Crippen molar-refractivity contribution in [3.63, 3.8) is 0 Å². The number of hydrogen-bond acceptors (Lipinski definition) is 4. The van der Waals surface area contributed by atoms with Crippen molar-refractivity contribution < 1.29 is 14.0 Å². The minimum Gasteiger partial charge on any atom is -0.397 e. The molecule has 1 aliphatic heterocycles. The largest absolute Gasteiger partial charge is 0.397 e. The summed E-state index contributed by atoms with van der Waals surface area (Å²) < 4.78 is 13.2. The lowest BCUT2D eigenvalue weighted by molar-refractivity contribution is -0.146. The minimum atomic E-state index is -0.619. The van der Waals surface area contributed by atoms with Gasteiger partial charge in [0.25, 0.3) is 5.91 Å². The first-order valence-electron chi connectivity index (χ1n) is 5.71. The summed E-state index contributed by atoms with van der Waals surface area (Å²) in [5.41, 5.74) is 6.21. The van der Waals surface area contributed by atoms with E-state index in [1.165, 1.54) is 13.1 Å². The molecule has 2 amide bonds. The smallest absolute Gasteiger partial charge is 0.251 e. The number of anilines is 2. The maximum absolute atomic E-state index is 13.2. The average Bonchev–Trinajstić information content (AvgIpc) is 2.36. The molecule has 0 radical (unpaired) electrons. The number of nitrogens with one attached hydrogen (secondary N) is 1. The van der Waals surface area contributed by atoms with E-state index in [9.17, 15) is 14.0 Å². The molecule has 1 fully saturated rings. The second-order valence-corrected chi connectivity index (χ2v) is 4.79. The van der Waals surface area contributed by atoms with Crippen molar-refractivity contribution >= 4 is 34.8 Å². The van der Waals surface area contributed by atoms with Crippen LogP contribution in [0.15, 0.2) is 12.1 Å². The first kappa shape index (κ1) is 13.6. The molecule has 0 bridgehead atoms. The van der Waals surface area contributed by atoms with Crippen molar-refractivity contribution in [3.05, 3.63) is 23.0 Å². The van der Waals surface area contributed by atoms with Crippen LogP contribution in [-0.4, -0.2) is 29.8 Å². The van der Waals surface area contributed by atoms with Crippen LogP contribution >= 0.6 is 11.6 Å². The second kappa shape index (κ2) is 5.05. The van der Waals surface area contributed by atoms with E-state index in [-0.39, 0.29) is 28.9 Å². The fourth-order valence-electron chi connectivity index (χ4n) is 1.92. The molecule has 1 heterocycles. The Labute approximate surface area is 114 Å². The van der Waals surface area contributed by atoms with E-state index in [4.69, 9.17) is 17.3 Å². The first-order valence-corrected chi connectivity index (χ1v) is 6.09. The Morgan fingerprint density at radius 1 is 1.47 bits per heavy atom. The summed E-state index contributed by atoms with van der Waals surface area (Å²) in [5.74, 6) is -1.17. The normalized spacial score (nSPS) is 19.7. The quantitative estimate of drug-likeness (QED) is 0.639. The number of hydrogen-bond donors (Lipinski definition) is 2. The van der Waals surface area contributed by atoms with E-state index < -0.39 is 11.9 Å². The number of benzene rings is 1. The summed E-state index contributed by atoms with van der Waals surface area (Å²) in [6.45, 7) is 0. The number of nitrogens with two attached hydrogens (primary N) is 1. The molecule has 1 aliphatic rings. The number of amides is 2. The van der Waals surface area contributed by atoms with Gasteiger partial charge in [-0.3, -0.25) is 14.5 Å². The van der Waals surface area contributed by atoms with E-state index in [1.807, 2.05) is 0 Å². The van der Waals surface area contributed by atoms with Crippen LogP contribution in [0.2, 0.25) is 5.02 Å². The maximum atomic E-state index is 13.2. The summed E-state index contributed by atoms with van der Waals surface area (Å²) in [5, 5.41) is 2.82.